The molecule has 1 amide bonds. The van der Waals surface area contributed by atoms with Crippen LogP contribution in [0.25, 0.3) is 0 Å². The molecule has 27 heavy (non-hydrogen) atoms. The molecule has 0 bridgehead atoms. The highest BCUT2D eigenvalue weighted by Gasteiger charge is 2.46. The molecule has 8 N–H and O–H groups in total. The Hall–Kier alpha value is -0.850. The standard InChI is InChI=1S/C17H31N3O7/c1-16(24)6-12(22)14(26-8-16)27-13-10(4-9(18)5-11(13)21)20-15(23)17(25)2-3-19-7-17/h9-14,19,21-22,24-25H,2-8,18H2,1H3,(H,20,23)/t9-,10+,11-,12+,13-,14+,16+,17?/m0/s1. The van der Waals surface area contributed by atoms with E-state index in [9.17, 15) is 25.2 Å². The number of carbonyl (C=O) groups is 1. The largest absolute Gasteiger partial charge is 0.390 e. The molecule has 1 saturated carbocycles. The molecule has 1 aliphatic carbocycles. The monoisotopic (exact) mass is 389 g/mol. The van der Waals surface area contributed by atoms with E-state index in [4.69, 9.17) is 15.2 Å². The zero-order valence-electron chi connectivity index (χ0n) is 15.5. The fraction of sp³-hybridized carbons (Fsp3) is 0.941. The van der Waals surface area contributed by atoms with Crippen LogP contribution in [0.15, 0.2) is 0 Å². The van der Waals surface area contributed by atoms with Crippen molar-refractivity contribution >= 4 is 5.91 Å². The van der Waals surface area contributed by atoms with Crippen molar-refractivity contribution in [2.75, 3.05) is 19.7 Å². The molecule has 2 saturated heterocycles. The number of β-amino-alcohol motifs (C(OH)–C–C–N with tert-alkyl or cyclic N) is 1. The van der Waals surface area contributed by atoms with Crippen LogP contribution in [0.1, 0.15) is 32.6 Å². The molecule has 0 spiro atoms. The summed E-state index contributed by atoms with van der Waals surface area (Å²) in [7, 11) is 0. The first-order valence-electron chi connectivity index (χ1n) is 9.45. The summed E-state index contributed by atoms with van der Waals surface area (Å²) in [5.41, 5.74) is 3.32. The molecule has 3 rings (SSSR count). The maximum Gasteiger partial charge on any atom is 0.253 e. The lowest BCUT2D eigenvalue weighted by atomic mass is 9.85. The molecule has 3 fully saturated rings. The third kappa shape index (κ3) is 4.77. The third-order valence-corrected chi connectivity index (χ3v) is 5.56. The highest BCUT2D eigenvalue weighted by atomic mass is 16.7. The van der Waals surface area contributed by atoms with E-state index in [0.29, 0.717) is 19.4 Å². The first-order chi connectivity index (χ1) is 12.6. The molecule has 156 valence electrons. The number of amides is 1. The molecule has 3 aliphatic rings. The molecule has 10 nitrogen and oxygen atoms in total. The number of ether oxygens (including phenoxy) is 2. The van der Waals surface area contributed by atoms with E-state index in [1.165, 1.54) is 0 Å². The summed E-state index contributed by atoms with van der Waals surface area (Å²) in [6.07, 6.45) is -2.91. The van der Waals surface area contributed by atoms with Gasteiger partial charge in [-0.25, -0.2) is 0 Å². The molecule has 10 heteroatoms. The van der Waals surface area contributed by atoms with Crippen molar-refractivity contribution in [3.8, 4) is 0 Å². The number of rotatable bonds is 4. The lowest BCUT2D eigenvalue weighted by molar-refractivity contribution is -0.284. The fourth-order valence-corrected chi connectivity index (χ4v) is 4.03. The molecule has 0 aromatic carbocycles. The maximum atomic E-state index is 12.5. The van der Waals surface area contributed by atoms with Crippen LogP contribution in [0, 0.1) is 0 Å². The Bertz CT molecular complexity index is 541. The number of nitrogens with one attached hydrogen (secondary N) is 2. The van der Waals surface area contributed by atoms with Crippen molar-refractivity contribution in [1.29, 1.82) is 0 Å². The van der Waals surface area contributed by atoms with Gasteiger partial charge in [-0.15, -0.1) is 0 Å². The summed E-state index contributed by atoms with van der Waals surface area (Å²) in [5, 5.41) is 46.8. The van der Waals surface area contributed by atoms with Gasteiger partial charge in [0.05, 0.1) is 24.4 Å². The Labute approximate surface area is 158 Å². The highest BCUT2D eigenvalue weighted by Crippen LogP contribution is 2.29. The van der Waals surface area contributed by atoms with Gasteiger partial charge in [-0.2, -0.15) is 0 Å². The van der Waals surface area contributed by atoms with Crippen LogP contribution in [0.3, 0.4) is 0 Å². The smallest absolute Gasteiger partial charge is 0.253 e. The molecular formula is C17H31N3O7. The van der Waals surface area contributed by atoms with Gasteiger partial charge in [0.25, 0.3) is 5.91 Å². The minimum absolute atomic E-state index is 0.0144. The molecule has 2 heterocycles. The first-order valence-corrected chi connectivity index (χ1v) is 9.45. The Morgan fingerprint density at radius 1 is 1.30 bits per heavy atom. The van der Waals surface area contributed by atoms with Crippen LogP contribution in [0.2, 0.25) is 0 Å². The minimum atomic E-state index is -1.50. The van der Waals surface area contributed by atoms with Crippen molar-refractivity contribution in [2.45, 2.75) is 80.5 Å². The number of aliphatic hydroxyl groups excluding tert-OH is 2. The fourth-order valence-electron chi connectivity index (χ4n) is 4.03. The summed E-state index contributed by atoms with van der Waals surface area (Å²) >= 11 is 0. The topological polar surface area (TPSA) is 167 Å². The summed E-state index contributed by atoms with van der Waals surface area (Å²) in [5.74, 6) is -0.541. The Morgan fingerprint density at radius 3 is 2.67 bits per heavy atom. The normalized spacial score (nSPS) is 48.4. The molecule has 2 aliphatic heterocycles. The second-order valence-electron chi connectivity index (χ2n) is 8.39. The van der Waals surface area contributed by atoms with Gasteiger partial charge in [0, 0.05) is 19.0 Å². The van der Waals surface area contributed by atoms with Crippen LogP contribution < -0.4 is 16.4 Å². The summed E-state index contributed by atoms with van der Waals surface area (Å²) in [6, 6.07) is -0.974. The van der Waals surface area contributed by atoms with Gasteiger partial charge in [-0.05, 0) is 32.7 Å². The van der Waals surface area contributed by atoms with E-state index in [1.54, 1.807) is 6.92 Å². The summed E-state index contributed by atoms with van der Waals surface area (Å²) < 4.78 is 11.2. The van der Waals surface area contributed by atoms with Crippen molar-refractivity contribution < 1.29 is 34.7 Å². The first kappa shape index (κ1) is 20.9. The zero-order chi connectivity index (χ0) is 19.8. The third-order valence-electron chi connectivity index (χ3n) is 5.56. The number of aliphatic hydroxyl groups is 4. The predicted octanol–water partition coefficient (Wildman–Crippen LogP) is -3.08. The van der Waals surface area contributed by atoms with Gasteiger partial charge >= 0.3 is 0 Å². The number of carbonyl (C=O) groups excluding carboxylic acids is 1. The van der Waals surface area contributed by atoms with Gasteiger partial charge < -0.3 is 46.3 Å². The number of hydrogen-bond donors (Lipinski definition) is 7. The Balaban J connectivity index is 1.67. The van der Waals surface area contributed by atoms with Crippen molar-refractivity contribution in [2.24, 2.45) is 5.73 Å². The Kier molecular flexibility index (Phi) is 6.09. The van der Waals surface area contributed by atoms with E-state index in [2.05, 4.69) is 10.6 Å². The minimum Gasteiger partial charge on any atom is -0.390 e. The molecular weight excluding hydrogens is 358 g/mol. The Morgan fingerprint density at radius 2 is 2.04 bits per heavy atom. The quantitative estimate of drug-likeness (QED) is 0.264. The van der Waals surface area contributed by atoms with Crippen molar-refractivity contribution in [1.82, 2.24) is 10.6 Å². The van der Waals surface area contributed by atoms with E-state index in [1.807, 2.05) is 0 Å². The van der Waals surface area contributed by atoms with Crippen LogP contribution in [0.4, 0.5) is 0 Å². The van der Waals surface area contributed by atoms with Gasteiger partial charge in [0.15, 0.2) is 11.9 Å². The van der Waals surface area contributed by atoms with Gasteiger partial charge in [-0.1, -0.05) is 0 Å². The number of nitrogens with two attached hydrogens (primary N) is 1. The lowest BCUT2D eigenvalue weighted by Gasteiger charge is -2.43. The van der Waals surface area contributed by atoms with Gasteiger partial charge in [-0.3, -0.25) is 4.79 Å². The second kappa shape index (κ2) is 7.88. The summed E-state index contributed by atoms with van der Waals surface area (Å²) in [6.45, 7) is 2.24. The molecule has 8 atom stereocenters. The van der Waals surface area contributed by atoms with E-state index < -0.39 is 47.8 Å². The van der Waals surface area contributed by atoms with Crippen molar-refractivity contribution in [3.63, 3.8) is 0 Å². The van der Waals surface area contributed by atoms with Crippen LogP contribution in [0.5, 0.6) is 0 Å². The maximum absolute atomic E-state index is 12.5. The lowest BCUT2D eigenvalue weighted by Crippen LogP contribution is -2.62. The van der Waals surface area contributed by atoms with E-state index in [0.717, 1.165) is 0 Å². The van der Waals surface area contributed by atoms with Gasteiger partial charge in [0.2, 0.25) is 0 Å². The second-order valence-corrected chi connectivity index (χ2v) is 8.39. The van der Waals surface area contributed by atoms with E-state index >= 15 is 0 Å². The van der Waals surface area contributed by atoms with Gasteiger partial charge in [0.1, 0.15) is 12.2 Å². The van der Waals surface area contributed by atoms with Crippen LogP contribution >= 0.6 is 0 Å². The average Bonchev–Trinajstić information content (AvgIpc) is 3.00. The summed E-state index contributed by atoms with van der Waals surface area (Å²) in [4.78, 5) is 12.5. The highest BCUT2D eigenvalue weighted by molar-refractivity contribution is 5.86. The zero-order valence-corrected chi connectivity index (χ0v) is 15.5. The number of hydrogen-bond acceptors (Lipinski definition) is 9. The average molecular weight is 389 g/mol. The van der Waals surface area contributed by atoms with E-state index in [-0.39, 0.29) is 32.0 Å². The SMILES string of the molecule is C[C@]1(O)CO[C@H](O[C@@H]2[C@@H](O)C[C@@H](N)C[C@H]2NC(=O)C2(O)CCNC2)[C@H](O)C1. The molecule has 0 radical (unpaired) electrons. The predicted molar refractivity (Wildman–Crippen MR) is 93.4 cm³/mol. The van der Waals surface area contributed by atoms with Crippen molar-refractivity contribution in [3.05, 3.63) is 0 Å². The van der Waals surface area contributed by atoms with Crippen LogP contribution in [-0.4, -0.2) is 93.9 Å². The van der Waals surface area contributed by atoms with Crippen LogP contribution in [-0.2, 0) is 14.3 Å². The molecule has 0 aromatic rings. The molecule has 0 aromatic heterocycles. The molecule has 1 unspecified atom stereocenters.